The quantitative estimate of drug-likeness (QED) is 0.744. The number of hydrogen-bond donors (Lipinski definition) is 2. The molecule has 2 aromatic rings. The van der Waals surface area contributed by atoms with E-state index in [0.29, 0.717) is 30.5 Å². The average Bonchev–Trinajstić information content (AvgIpc) is 2.61. The molecule has 0 bridgehead atoms. The molecule has 0 aliphatic rings. The van der Waals surface area contributed by atoms with E-state index in [9.17, 15) is 9.90 Å². The first-order chi connectivity index (χ1) is 12.3. The Morgan fingerprint density at radius 3 is 1.85 bits per heavy atom. The summed E-state index contributed by atoms with van der Waals surface area (Å²) in [6.07, 6.45) is 1.05. The van der Waals surface area contributed by atoms with Crippen molar-refractivity contribution in [1.82, 2.24) is 0 Å². The highest BCUT2D eigenvalue weighted by molar-refractivity contribution is 5.76. The fourth-order valence-electron chi connectivity index (χ4n) is 3.15. The van der Waals surface area contributed by atoms with Crippen LogP contribution in [0.5, 0.6) is 0 Å². The summed E-state index contributed by atoms with van der Waals surface area (Å²) in [6, 6.07) is 18.6. The molecule has 1 atom stereocenters. The van der Waals surface area contributed by atoms with Gasteiger partial charge in [0.15, 0.2) is 0 Å². The predicted molar refractivity (Wildman–Crippen MR) is 104 cm³/mol. The third-order valence-corrected chi connectivity index (χ3v) is 4.32. The van der Waals surface area contributed by atoms with Crippen molar-refractivity contribution in [1.29, 1.82) is 0 Å². The van der Waals surface area contributed by atoms with E-state index in [-0.39, 0.29) is 0 Å². The highest BCUT2D eigenvalue weighted by Crippen LogP contribution is 2.40. The number of nitrogens with two attached hydrogens (primary N) is 1. The number of aliphatic hydroxyl groups is 1. The van der Waals surface area contributed by atoms with Crippen LogP contribution in [0.4, 0.5) is 0 Å². The minimum atomic E-state index is -1.49. The molecule has 0 aliphatic heterocycles. The van der Waals surface area contributed by atoms with Gasteiger partial charge in [-0.25, -0.2) is 0 Å². The van der Waals surface area contributed by atoms with E-state index in [4.69, 9.17) is 10.5 Å². The lowest BCUT2D eigenvalue weighted by molar-refractivity contribution is -0.169. The summed E-state index contributed by atoms with van der Waals surface area (Å²) in [4.78, 5) is 13.0. The lowest BCUT2D eigenvalue weighted by atomic mass is 9.74. The number of ether oxygens (including phenoxy) is 1. The molecule has 1 unspecified atom stereocenters. The molecule has 0 saturated heterocycles. The van der Waals surface area contributed by atoms with E-state index < -0.39 is 23.1 Å². The fourth-order valence-corrected chi connectivity index (χ4v) is 3.15. The van der Waals surface area contributed by atoms with Crippen molar-refractivity contribution in [3.63, 3.8) is 0 Å². The first-order valence-corrected chi connectivity index (χ1v) is 9.05. The van der Waals surface area contributed by atoms with Gasteiger partial charge in [0, 0.05) is 0 Å². The van der Waals surface area contributed by atoms with Crippen LogP contribution in [0.2, 0.25) is 0 Å². The molecule has 0 amide bonds. The van der Waals surface area contributed by atoms with Gasteiger partial charge in [-0.1, -0.05) is 60.7 Å². The van der Waals surface area contributed by atoms with E-state index in [1.54, 1.807) is 0 Å². The summed E-state index contributed by atoms with van der Waals surface area (Å²) in [7, 11) is 0. The molecule has 4 nitrogen and oxygen atoms in total. The molecule has 0 saturated carbocycles. The van der Waals surface area contributed by atoms with Gasteiger partial charge in [0.05, 0.1) is 5.92 Å². The van der Waals surface area contributed by atoms with E-state index in [1.165, 1.54) is 0 Å². The van der Waals surface area contributed by atoms with Crippen LogP contribution in [0.25, 0.3) is 0 Å². The fraction of sp³-hybridized carbons (Fsp3) is 0.409. The molecule has 2 aromatic carbocycles. The number of rotatable bonds is 7. The van der Waals surface area contributed by atoms with Crippen molar-refractivity contribution in [2.45, 2.75) is 44.8 Å². The topological polar surface area (TPSA) is 72.5 Å². The summed E-state index contributed by atoms with van der Waals surface area (Å²) < 4.78 is 5.65. The molecular formula is C22H29NO3. The Bertz CT molecular complexity index is 653. The maximum Gasteiger partial charge on any atom is 0.313 e. The molecule has 4 heteroatoms. The second-order valence-corrected chi connectivity index (χ2v) is 7.52. The Morgan fingerprint density at radius 1 is 1.00 bits per heavy atom. The lowest BCUT2D eigenvalue weighted by Crippen LogP contribution is -2.44. The zero-order valence-corrected chi connectivity index (χ0v) is 15.8. The number of benzene rings is 2. The van der Waals surface area contributed by atoms with Gasteiger partial charge in [0.2, 0.25) is 0 Å². The van der Waals surface area contributed by atoms with E-state index >= 15 is 0 Å². The Balaban J connectivity index is 2.56. The molecule has 0 spiro atoms. The van der Waals surface area contributed by atoms with Gasteiger partial charge in [-0.3, -0.25) is 4.79 Å². The highest BCUT2D eigenvalue weighted by atomic mass is 16.6. The van der Waals surface area contributed by atoms with Crippen molar-refractivity contribution < 1.29 is 14.6 Å². The van der Waals surface area contributed by atoms with Crippen LogP contribution in [0, 0.1) is 5.92 Å². The molecule has 26 heavy (non-hydrogen) atoms. The number of carbonyl (C=O) groups excluding carboxylic acids is 1. The number of esters is 1. The summed E-state index contributed by atoms with van der Waals surface area (Å²) >= 11 is 0. The van der Waals surface area contributed by atoms with Gasteiger partial charge in [-0.05, 0) is 51.3 Å². The molecule has 140 valence electrons. The SMILES string of the molecule is CC(C)(C)OC(=O)C(CCCN)C(O)(c1ccccc1)c1ccccc1. The first-order valence-electron chi connectivity index (χ1n) is 9.05. The average molecular weight is 355 g/mol. The number of carbonyl (C=O) groups is 1. The molecule has 3 N–H and O–H groups in total. The molecular weight excluding hydrogens is 326 g/mol. The first kappa shape index (κ1) is 20.1. The monoisotopic (exact) mass is 355 g/mol. The van der Waals surface area contributed by atoms with Crippen molar-refractivity contribution in [2.24, 2.45) is 11.7 Å². The zero-order valence-electron chi connectivity index (χ0n) is 15.8. The van der Waals surface area contributed by atoms with E-state index in [1.807, 2.05) is 81.4 Å². The van der Waals surface area contributed by atoms with Crippen LogP contribution in [0.1, 0.15) is 44.7 Å². The smallest absolute Gasteiger partial charge is 0.313 e. The zero-order chi connectivity index (χ0) is 19.2. The van der Waals surface area contributed by atoms with Crippen LogP contribution in [-0.2, 0) is 15.1 Å². The highest BCUT2D eigenvalue weighted by Gasteiger charge is 2.45. The summed E-state index contributed by atoms with van der Waals surface area (Å²) in [5.41, 5.74) is 4.90. The van der Waals surface area contributed by atoms with Gasteiger partial charge in [-0.2, -0.15) is 0 Å². The third-order valence-electron chi connectivity index (χ3n) is 4.32. The van der Waals surface area contributed by atoms with Gasteiger partial charge in [0.25, 0.3) is 0 Å². The lowest BCUT2D eigenvalue weighted by Gasteiger charge is -2.37. The predicted octanol–water partition coefficient (Wildman–Crippen LogP) is 3.62. The van der Waals surface area contributed by atoms with Gasteiger partial charge in [-0.15, -0.1) is 0 Å². The van der Waals surface area contributed by atoms with Crippen LogP contribution in [-0.4, -0.2) is 23.2 Å². The summed E-state index contributed by atoms with van der Waals surface area (Å²) in [6.45, 7) is 5.93. The molecule has 0 radical (unpaired) electrons. The van der Waals surface area contributed by atoms with Crippen molar-refractivity contribution >= 4 is 5.97 Å². The second-order valence-electron chi connectivity index (χ2n) is 7.52. The minimum absolute atomic E-state index is 0.416. The Kier molecular flexibility index (Phi) is 6.57. The molecule has 0 heterocycles. The van der Waals surface area contributed by atoms with Crippen LogP contribution in [0.15, 0.2) is 60.7 Å². The molecule has 0 fully saturated rings. The second kappa shape index (κ2) is 8.47. The summed E-state index contributed by atoms with van der Waals surface area (Å²) in [5, 5.41) is 11.9. The van der Waals surface area contributed by atoms with Crippen molar-refractivity contribution in [3.05, 3.63) is 71.8 Å². The molecule has 0 aromatic heterocycles. The maximum atomic E-state index is 13.0. The Hall–Kier alpha value is -2.17. The van der Waals surface area contributed by atoms with Crippen LogP contribution < -0.4 is 5.73 Å². The Labute approximate surface area is 156 Å². The van der Waals surface area contributed by atoms with E-state index in [2.05, 4.69) is 0 Å². The Morgan fingerprint density at radius 2 is 1.46 bits per heavy atom. The van der Waals surface area contributed by atoms with Crippen molar-refractivity contribution in [3.8, 4) is 0 Å². The van der Waals surface area contributed by atoms with E-state index in [0.717, 1.165) is 0 Å². The van der Waals surface area contributed by atoms with Crippen molar-refractivity contribution in [2.75, 3.05) is 6.54 Å². The normalized spacial score (nSPS) is 13.3. The van der Waals surface area contributed by atoms with Gasteiger partial charge in [0.1, 0.15) is 11.2 Å². The number of hydrogen-bond acceptors (Lipinski definition) is 4. The summed E-state index contributed by atoms with van der Waals surface area (Å²) in [5.74, 6) is -1.17. The molecule has 0 aliphatic carbocycles. The standard InChI is InChI=1S/C22H29NO3/c1-21(2,3)26-20(24)19(15-10-16-23)22(25,17-11-6-4-7-12-17)18-13-8-5-9-14-18/h4-9,11-14,19,25H,10,15-16,23H2,1-3H3. The van der Waals surface area contributed by atoms with Crippen LogP contribution in [0.3, 0.4) is 0 Å². The third kappa shape index (κ3) is 4.71. The van der Waals surface area contributed by atoms with Gasteiger partial charge < -0.3 is 15.6 Å². The van der Waals surface area contributed by atoms with Gasteiger partial charge >= 0.3 is 5.97 Å². The molecule has 2 rings (SSSR count). The maximum absolute atomic E-state index is 13.0. The minimum Gasteiger partial charge on any atom is -0.460 e. The largest absolute Gasteiger partial charge is 0.460 e. The van der Waals surface area contributed by atoms with Crippen LogP contribution >= 0.6 is 0 Å².